The summed E-state index contributed by atoms with van der Waals surface area (Å²) in [6.07, 6.45) is 7.57. The molecule has 8 heteroatoms. The fourth-order valence-electron chi connectivity index (χ4n) is 5.15. The van der Waals surface area contributed by atoms with Gasteiger partial charge in [0.15, 0.2) is 11.6 Å². The van der Waals surface area contributed by atoms with Crippen molar-refractivity contribution in [3.63, 3.8) is 0 Å². The summed E-state index contributed by atoms with van der Waals surface area (Å²) in [7, 11) is 0. The van der Waals surface area contributed by atoms with E-state index in [1.165, 1.54) is 11.1 Å². The van der Waals surface area contributed by atoms with E-state index in [9.17, 15) is 5.11 Å². The first kappa shape index (κ1) is 21.9. The van der Waals surface area contributed by atoms with Gasteiger partial charge in [0.05, 0.1) is 12.2 Å². The zero-order valence-corrected chi connectivity index (χ0v) is 19.3. The molecule has 0 spiro atoms. The summed E-state index contributed by atoms with van der Waals surface area (Å²) in [5.74, 6) is 2.37. The van der Waals surface area contributed by atoms with Crippen LogP contribution in [-0.2, 0) is 0 Å². The van der Waals surface area contributed by atoms with Gasteiger partial charge in [-0.25, -0.2) is 9.97 Å². The Balaban J connectivity index is 1.33. The number of rotatable bonds is 6. The van der Waals surface area contributed by atoms with Crippen molar-refractivity contribution in [1.82, 2.24) is 25.1 Å². The van der Waals surface area contributed by atoms with Crippen LogP contribution in [0, 0.1) is 12.8 Å². The van der Waals surface area contributed by atoms with E-state index >= 15 is 0 Å². The van der Waals surface area contributed by atoms with Crippen molar-refractivity contribution < 1.29 is 5.11 Å². The van der Waals surface area contributed by atoms with Crippen molar-refractivity contribution >= 4 is 11.6 Å². The number of nitrogens with zero attached hydrogens (tertiary/aromatic N) is 6. The number of benzene rings is 1. The van der Waals surface area contributed by atoms with Crippen molar-refractivity contribution in [2.45, 2.75) is 25.8 Å². The van der Waals surface area contributed by atoms with Gasteiger partial charge in [-0.1, -0.05) is 30.3 Å². The van der Waals surface area contributed by atoms with E-state index in [0.29, 0.717) is 5.92 Å². The van der Waals surface area contributed by atoms with Crippen molar-refractivity contribution in [3.8, 4) is 0 Å². The molecule has 0 aliphatic carbocycles. The summed E-state index contributed by atoms with van der Waals surface area (Å²) in [5.41, 5.74) is 3.65. The molecule has 2 N–H and O–H groups in total. The molecule has 1 atom stereocenters. The largest absolute Gasteiger partial charge is 0.396 e. The molecule has 33 heavy (non-hydrogen) atoms. The van der Waals surface area contributed by atoms with E-state index in [0.717, 1.165) is 69.4 Å². The molecule has 8 nitrogen and oxygen atoms in total. The number of piperidine rings is 1. The van der Waals surface area contributed by atoms with E-state index in [2.05, 4.69) is 62.2 Å². The van der Waals surface area contributed by atoms with Gasteiger partial charge in [-0.15, -0.1) is 0 Å². The average Bonchev–Trinajstić information content (AvgIpc) is 3.30. The van der Waals surface area contributed by atoms with Gasteiger partial charge in [-0.05, 0) is 31.2 Å². The molecule has 0 radical (unpaired) electrons. The highest BCUT2D eigenvalue weighted by atomic mass is 16.3. The Hall–Kier alpha value is -2.97. The maximum Gasteiger partial charge on any atom is 0.172 e. The Kier molecular flexibility index (Phi) is 6.55. The first-order valence-electron chi connectivity index (χ1n) is 11.9. The predicted octanol–water partition coefficient (Wildman–Crippen LogP) is 2.63. The average molecular weight is 448 g/mol. The number of aryl methyl sites for hydroxylation is 1. The lowest BCUT2D eigenvalue weighted by molar-refractivity contribution is 0.202. The minimum atomic E-state index is 0.186. The van der Waals surface area contributed by atoms with Crippen molar-refractivity contribution in [2.75, 3.05) is 55.7 Å². The number of nitrogens with one attached hydrogen (secondary N) is 1. The molecule has 4 heterocycles. The minimum Gasteiger partial charge on any atom is -0.396 e. The second kappa shape index (κ2) is 9.89. The summed E-state index contributed by atoms with van der Waals surface area (Å²) in [6.45, 7) is 7.90. The fraction of sp³-hybridized carbons (Fsp3) is 0.480. The third-order valence-electron chi connectivity index (χ3n) is 7.09. The predicted molar refractivity (Wildman–Crippen MR) is 129 cm³/mol. The molecule has 0 bridgehead atoms. The molecule has 2 aromatic heterocycles. The summed E-state index contributed by atoms with van der Waals surface area (Å²) < 4.78 is 0. The Morgan fingerprint density at radius 2 is 1.58 bits per heavy atom. The van der Waals surface area contributed by atoms with Crippen LogP contribution in [0.1, 0.15) is 35.7 Å². The van der Waals surface area contributed by atoms with E-state index in [1.54, 1.807) is 12.4 Å². The molecular weight excluding hydrogens is 414 g/mol. The number of aromatic amines is 1. The van der Waals surface area contributed by atoms with E-state index in [1.807, 2.05) is 6.20 Å². The van der Waals surface area contributed by atoms with Crippen molar-refractivity contribution in [3.05, 3.63) is 65.7 Å². The Morgan fingerprint density at radius 1 is 0.939 bits per heavy atom. The van der Waals surface area contributed by atoms with Crippen LogP contribution < -0.4 is 9.80 Å². The van der Waals surface area contributed by atoms with Gasteiger partial charge in [0.1, 0.15) is 0 Å². The number of aliphatic hydroxyl groups is 1. The molecule has 3 aromatic rings. The van der Waals surface area contributed by atoms with Gasteiger partial charge in [0.25, 0.3) is 0 Å². The van der Waals surface area contributed by atoms with Crippen molar-refractivity contribution in [2.24, 2.45) is 5.92 Å². The summed E-state index contributed by atoms with van der Waals surface area (Å²) in [6, 6.07) is 10.9. The van der Waals surface area contributed by atoms with E-state index in [-0.39, 0.29) is 12.6 Å². The standard InChI is InChI=1S/C25H33N7O/c1-19-22(17-28-29-19)23(21-5-3-2-4-6-21)30-13-15-32(16-14-30)25-24(26-9-10-27-25)31-11-7-20(18-33)8-12-31/h2-6,9-10,17,20,23,33H,7-8,11-16,18H2,1H3,(H,28,29). The highest BCUT2D eigenvalue weighted by molar-refractivity contribution is 5.62. The van der Waals surface area contributed by atoms with Crippen LogP contribution in [0.4, 0.5) is 11.6 Å². The number of anilines is 2. The fourth-order valence-corrected chi connectivity index (χ4v) is 5.15. The molecule has 2 saturated heterocycles. The highest BCUT2D eigenvalue weighted by Crippen LogP contribution is 2.33. The molecule has 174 valence electrons. The first-order chi connectivity index (χ1) is 16.2. The normalized spacial score (nSPS) is 19.1. The third kappa shape index (κ3) is 4.58. The number of aliphatic hydroxyl groups excluding tert-OH is 1. The van der Waals surface area contributed by atoms with Gasteiger partial charge in [0.2, 0.25) is 0 Å². The van der Waals surface area contributed by atoms with Crippen LogP contribution in [0.2, 0.25) is 0 Å². The zero-order chi connectivity index (χ0) is 22.6. The van der Waals surface area contributed by atoms with E-state index in [4.69, 9.17) is 9.97 Å². The molecule has 0 amide bonds. The number of aromatic nitrogens is 4. The molecule has 1 aromatic carbocycles. The molecule has 2 aliphatic rings. The lowest BCUT2D eigenvalue weighted by atomic mass is 9.97. The molecule has 5 rings (SSSR count). The van der Waals surface area contributed by atoms with E-state index < -0.39 is 0 Å². The van der Waals surface area contributed by atoms with Crippen LogP contribution in [0.5, 0.6) is 0 Å². The number of piperazine rings is 1. The first-order valence-corrected chi connectivity index (χ1v) is 11.9. The van der Waals surface area contributed by atoms with Gasteiger partial charge in [-0.2, -0.15) is 5.10 Å². The smallest absolute Gasteiger partial charge is 0.172 e. The quantitative estimate of drug-likeness (QED) is 0.601. The van der Waals surface area contributed by atoms with Crippen LogP contribution in [0.25, 0.3) is 0 Å². The SMILES string of the molecule is Cc1[nH]ncc1C(c1ccccc1)N1CCN(c2nccnc2N2CCC(CO)CC2)CC1. The lowest BCUT2D eigenvalue weighted by Crippen LogP contribution is -2.49. The minimum absolute atomic E-state index is 0.186. The van der Waals surface area contributed by atoms with Crippen LogP contribution in [-0.4, -0.2) is 76.0 Å². The third-order valence-corrected chi connectivity index (χ3v) is 7.09. The zero-order valence-electron chi connectivity index (χ0n) is 19.3. The summed E-state index contributed by atoms with van der Waals surface area (Å²) >= 11 is 0. The van der Waals surface area contributed by atoms with Crippen LogP contribution >= 0.6 is 0 Å². The Bertz CT molecular complexity index is 1020. The lowest BCUT2D eigenvalue weighted by Gasteiger charge is -2.41. The Morgan fingerprint density at radius 3 is 2.15 bits per heavy atom. The van der Waals surface area contributed by atoms with Gasteiger partial charge < -0.3 is 14.9 Å². The Labute approximate surface area is 195 Å². The second-order valence-corrected chi connectivity index (χ2v) is 9.10. The molecular formula is C25H33N7O. The second-order valence-electron chi connectivity index (χ2n) is 9.10. The van der Waals surface area contributed by atoms with Crippen LogP contribution in [0.15, 0.2) is 48.9 Å². The molecule has 0 saturated carbocycles. The van der Waals surface area contributed by atoms with Gasteiger partial charge in [0, 0.05) is 69.5 Å². The highest BCUT2D eigenvalue weighted by Gasteiger charge is 2.30. The van der Waals surface area contributed by atoms with Gasteiger partial charge >= 0.3 is 0 Å². The van der Waals surface area contributed by atoms with Gasteiger partial charge in [-0.3, -0.25) is 10.00 Å². The maximum atomic E-state index is 9.48. The molecule has 2 aliphatic heterocycles. The number of hydrogen-bond donors (Lipinski definition) is 2. The monoisotopic (exact) mass is 447 g/mol. The van der Waals surface area contributed by atoms with Crippen LogP contribution in [0.3, 0.4) is 0 Å². The molecule has 1 unspecified atom stereocenters. The summed E-state index contributed by atoms with van der Waals surface area (Å²) in [5, 5.41) is 16.9. The van der Waals surface area contributed by atoms with Crippen molar-refractivity contribution in [1.29, 1.82) is 0 Å². The topological polar surface area (TPSA) is 84.4 Å². The maximum absolute atomic E-state index is 9.48. The number of H-pyrrole nitrogens is 1. The summed E-state index contributed by atoms with van der Waals surface area (Å²) in [4.78, 5) is 16.7. The molecule has 2 fully saturated rings. The number of hydrogen-bond acceptors (Lipinski definition) is 7.